The van der Waals surface area contributed by atoms with E-state index in [0.29, 0.717) is 6.04 Å². The van der Waals surface area contributed by atoms with E-state index in [1.165, 1.54) is 11.1 Å². The lowest BCUT2D eigenvalue weighted by Crippen LogP contribution is -2.22. The van der Waals surface area contributed by atoms with Gasteiger partial charge in [0.25, 0.3) is 0 Å². The fourth-order valence-corrected chi connectivity index (χ4v) is 3.20. The van der Waals surface area contributed by atoms with Crippen molar-refractivity contribution in [3.8, 4) is 0 Å². The number of hydrogen-bond donors (Lipinski definition) is 1. The Hall–Kier alpha value is -2.43. The van der Waals surface area contributed by atoms with Crippen molar-refractivity contribution >= 4 is 11.5 Å². The molecule has 0 saturated carbocycles. The lowest BCUT2D eigenvalue weighted by Gasteiger charge is -2.16. The van der Waals surface area contributed by atoms with E-state index < -0.39 is 0 Å². The van der Waals surface area contributed by atoms with Crippen LogP contribution in [0.5, 0.6) is 0 Å². The van der Waals surface area contributed by atoms with Gasteiger partial charge in [0.15, 0.2) is 11.5 Å². The van der Waals surface area contributed by atoms with Gasteiger partial charge in [0, 0.05) is 11.5 Å². The molecule has 0 aliphatic heterocycles. The van der Waals surface area contributed by atoms with Gasteiger partial charge in [-0.3, -0.25) is 0 Å². The summed E-state index contributed by atoms with van der Waals surface area (Å²) in [6, 6.07) is 13.0. The van der Waals surface area contributed by atoms with Gasteiger partial charge < -0.3 is 5.32 Å². The lowest BCUT2D eigenvalue weighted by molar-refractivity contribution is 0.527. The normalized spacial score (nSPS) is 15.1. The first-order valence-electron chi connectivity index (χ1n) is 8.07. The van der Waals surface area contributed by atoms with Crippen LogP contribution in [-0.4, -0.2) is 25.9 Å². The summed E-state index contributed by atoms with van der Waals surface area (Å²) in [5.74, 6) is 1.76. The fourth-order valence-electron chi connectivity index (χ4n) is 3.20. The molecular weight excluding hydrogens is 286 g/mol. The van der Waals surface area contributed by atoms with E-state index in [-0.39, 0.29) is 5.41 Å². The Morgan fingerprint density at radius 3 is 2.35 bits per heavy atom. The third-order valence-corrected chi connectivity index (χ3v) is 4.34. The molecule has 1 aliphatic rings. The Bertz CT molecular complexity index is 834. The molecule has 0 radical (unpaired) electrons. The molecule has 0 unspecified atom stereocenters. The zero-order chi connectivity index (χ0) is 16.0. The quantitative estimate of drug-likeness (QED) is 0.791. The number of aromatic nitrogens is 4. The van der Waals surface area contributed by atoms with E-state index in [9.17, 15) is 0 Å². The van der Waals surface area contributed by atoms with Crippen LogP contribution in [0.1, 0.15) is 37.7 Å². The standard InChI is InChI=1S/C18H21N5/c1-18(2,3)17-21-20-16-9-8-15(22-23(16)17)19-14-10-12-6-4-5-7-13(12)11-14/h4-9,14H,10-11H2,1-3H3,(H,19,22). The van der Waals surface area contributed by atoms with Gasteiger partial charge in [-0.2, -0.15) is 4.52 Å². The van der Waals surface area contributed by atoms with Crippen LogP contribution in [0.25, 0.3) is 5.65 Å². The molecule has 5 heteroatoms. The van der Waals surface area contributed by atoms with Crippen molar-refractivity contribution < 1.29 is 0 Å². The van der Waals surface area contributed by atoms with Crippen LogP contribution in [0.3, 0.4) is 0 Å². The van der Waals surface area contributed by atoms with E-state index in [2.05, 4.69) is 60.6 Å². The topological polar surface area (TPSA) is 55.1 Å². The molecule has 118 valence electrons. The Labute approximate surface area is 135 Å². The summed E-state index contributed by atoms with van der Waals surface area (Å²) >= 11 is 0. The molecule has 2 aromatic heterocycles. The molecule has 1 aliphatic carbocycles. The van der Waals surface area contributed by atoms with E-state index >= 15 is 0 Å². The molecule has 5 nitrogen and oxygen atoms in total. The highest BCUT2D eigenvalue weighted by atomic mass is 15.4. The minimum Gasteiger partial charge on any atom is -0.365 e. The maximum Gasteiger partial charge on any atom is 0.178 e. The molecule has 23 heavy (non-hydrogen) atoms. The monoisotopic (exact) mass is 307 g/mol. The molecule has 0 spiro atoms. The van der Waals surface area contributed by atoms with Crippen molar-refractivity contribution in [2.24, 2.45) is 0 Å². The second-order valence-corrected chi connectivity index (χ2v) is 7.28. The van der Waals surface area contributed by atoms with Gasteiger partial charge in [-0.05, 0) is 36.1 Å². The van der Waals surface area contributed by atoms with Crippen molar-refractivity contribution in [3.05, 3.63) is 53.3 Å². The summed E-state index contributed by atoms with van der Waals surface area (Å²) in [5.41, 5.74) is 3.57. The maximum atomic E-state index is 4.71. The van der Waals surface area contributed by atoms with Crippen molar-refractivity contribution in [1.82, 2.24) is 19.8 Å². The first kappa shape index (κ1) is 14.2. The van der Waals surface area contributed by atoms with Crippen molar-refractivity contribution in [3.63, 3.8) is 0 Å². The number of nitrogens with zero attached hydrogens (tertiary/aromatic N) is 4. The summed E-state index contributed by atoms with van der Waals surface area (Å²) in [6.45, 7) is 6.37. The number of rotatable bonds is 2. The highest BCUT2D eigenvalue weighted by Crippen LogP contribution is 2.25. The number of hydrogen-bond acceptors (Lipinski definition) is 4. The summed E-state index contributed by atoms with van der Waals surface area (Å²) in [4.78, 5) is 0. The Morgan fingerprint density at radius 2 is 1.70 bits per heavy atom. The predicted octanol–water partition coefficient (Wildman–Crippen LogP) is 3.00. The van der Waals surface area contributed by atoms with Gasteiger partial charge in [0.1, 0.15) is 5.82 Å². The van der Waals surface area contributed by atoms with Crippen LogP contribution in [-0.2, 0) is 18.3 Å². The number of nitrogens with one attached hydrogen (secondary N) is 1. The summed E-state index contributed by atoms with van der Waals surface area (Å²) in [5, 5.41) is 16.8. The molecule has 0 saturated heterocycles. The van der Waals surface area contributed by atoms with Crippen LogP contribution in [0.2, 0.25) is 0 Å². The Kier molecular flexibility index (Phi) is 3.11. The van der Waals surface area contributed by atoms with Crippen LogP contribution in [0.15, 0.2) is 36.4 Å². The number of benzene rings is 1. The fraction of sp³-hybridized carbons (Fsp3) is 0.389. The van der Waals surface area contributed by atoms with Gasteiger partial charge in [0.2, 0.25) is 0 Å². The van der Waals surface area contributed by atoms with Gasteiger partial charge >= 0.3 is 0 Å². The Balaban J connectivity index is 1.61. The first-order valence-corrected chi connectivity index (χ1v) is 8.07. The second kappa shape index (κ2) is 5.05. The van der Waals surface area contributed by atoms with Gasteiger partial charge in [-0.25, -0.2) is 0 Å². The molecular formula is C18H21N5. The molecule has 0 bridgehead atoms. The summed E-state index contributed by atoms with van der Waals surface area (Å²) in [6.07, 6.45) is 2.09. The van der Waals surface area contributed by atoms with Crippen molar-refractivity contribution in [1.29, 1.82) is 0 Å². The highest BCUT2D eigenvalue weighted by Gasteiger charge is 2.23. The van der Waals surface area contributed by atoms with E-state index in [1.54, 1.807) is 0 Å². The second-order valence-electron chi connectivity index (χ2n) is 7.28. The molecule has 1 aromatic carbocycles. The minimum atomic E-state index is -0.0887. The SMILES string of the molecule is CC(C)(C)c1nnc2ccc(NC3Cc4ccccc4C3)nn12. The van der Waals surface area contributed by atoms with E-state index in [4.69, 9.17) is 5.10 Å². The summed E-state index contributed by atoms with van der Waals surface area (Å²) in [7, 11) is 0. The van der Waals surface area contributed by atoms with E-state index in [0.717, 1.165) is 30.1 Å². The largest absolute Gasteiger partial charge is 0.365 e. The third kappa shape index (κ3) is 2.56. The predicted molar refractivity (Wildman–Crippen MR) is 90.7 cm³/mol. The third-order valence-electron chi connectivity index (χ3n) is 4.34. The Morgan fingerprint density at radius 1 is 1.00 bits per heavy atom. The molecule has 0 fully saturated rings. The molecule has 3 aromatic rings. The molecule has 0 atom stereocenters. The molecule has 2 heterocycles. The van der Waals surface area contributed by atoms with Crippen LogP contribution < -0.4 is 5.32 Å². The molecule has 1 N–H and O–H groups in total. The van der Waals surface area contributed by atoms with Crippen LogP contribution in [0, 0.1) is 0 Å². The minimum absolute atomic E-state index is 0.0887. The number of anilines is 1. The first-order chi connectivity index (χ1) is 11.0. The molecule has 0 amide bonds. The average Bonchev–Trinajstić information content (AvgIpc) is 3.09. The van der Waals surface area contributed by atoms with Crippen molar-refractivity contribution in [2.75, 3.05) is 5.32 Å². The average molecular weight is 307 g/mol. The van der Waals surface area contributed by atoms with Crippen LogP contribution >= 0.6 is 0 Å². The highest BCUT2D eigenvalue weighted by molar-refractivity contribution is 5.46. The smallest absolute Gasteiger partial charge is 0.178 e. The zero-order valence-corrected chi connectivity index (χ0v) is 13.7. The van der Waals surface area contributed by atoms with Crippen molar-refractivity contribution in [2.45, 2.75) is 45.1 Å². The van der Waals surface area contributed by atoms with Gasteiger partial charge in [-0.15, -0.1) is 15.3 Å². The zero-order valence-electron chi connectivity index (χ0n) is 13.7. The van der Waals surface area contributed by atoms with Crippen LogP contribution in [0.4, 0.5) is 5.82 Å². The van der Waals surface area contributed by atoms with E-state index in [1.807, 2.05) is 16.6 Å². The van der Waals surface area contributed by atoms with Gasteiger partial charge in [0.05, 0.1) is 0 Å². The maximum absolute atomic E-state index is 4.71. The lowest BCUT2D eigenvalue weighted by atomic mass is 9.96. The number of fused-ring (bicyclic) bond motifs is 2. The molecule has 4 rings (SSSR count). The van der Waals surface area contributed by atoms with Gasteiger partial charge in [-0.1, -0.05) is 45.0 Å². The summed E-state index contributed by atoms with van der Waals surface area (Å²) < 4.78 is 1.85.